The number of benzene rings is 1. The minimum absolute atomic E-state index is 0.136. The van der Waals surface area contributed by atoms with Gasteiger partial charge in [0.25, 0.3) is 12.3 Å². The van der Waals surface area contributed by atoms with Crippen LogP contribution in [-0.4, -0.2) is 44.6 Å². The van der Waals surface area contributed by atoms with Crippen molar-refractivity contribution in [2.45, 2.75) is 31.9 Å². The van der Waals surface area contributed by atoms with Crippen LogP contribution >= 0.6 is 0 Å². The number of hydrogen-bond donors (Lipinski definition) is 0. The molecule has 0 unspecified atom stereocenters. The number of alkyl halides is 2. The van der Waals surface area contributed by atoms with Gasteiger partial charge in [-0.25, -0.2) is 18.4 Å². The zero-order valence-electron chi connectivity index (χ0n) is 16.6. The first-order valence-electron chi connectivity index (χ1n) is 10.1. The van der Waals surface area contributed by atoms with Gasteiger partial charge in [-0.2, -0.15) is 5.10 Å². The maximum absolute atomic E-state index is 13.4. The number of carbonyl (C=O) groups is 1. The second-order valence-electron chi connectivity index (χ2n) is 7.62. The Bertz CT molecular complexity index is 1200. The molecule has 8 heteroatoms. The third kappa shape index (κ3) is 3.93. The average molecular weight is 422 g/mol. The molecule has 0 N–H and O–H groups in total. The molecule has 0 radical (unpaired) electrons. The number of rotatable bonds is 7. The average Bonchev–Trinajstić information content (AvgIpc) is 3.35. The van der Waals surface area contributed by atoms with Crippen molar-refractivity contribution >= 4 is 16.9 Å². The Morgan fingerprint density at radius 2 is 2.00 bits per heavy atom. The van der Waals surface area contributed by atoms with E-state index in [1.807, 2.05) is 36.4 Å². The number of fused-ring (bicyclic) bond motifs is 1. The van der Waals surface area contributed by atoms with Gasteiger partial charge >= 0.3 is 0 Å². The normalized spacial score (nSPS) is 13.8. The third-order valence-electron chi connectivity index (χ3n) is 5.38. The van der Waals surface area contributed by atoms with E-state index in [-0.39, 0.29) is 6.04 Å². The number of aromatic nitrogens is 3. The highest BCUT2D eigenvalue weighted by atomic mass is 19.3. The highest BCUT2D eigenvalue weighted by molar-refractivity contribution is 6.06. The Morgan fingerprint density at radius 1 is 1.19 bits per heavy atom. The predicted molar refractivity (Wildman–Crippen MR) is 111 cm³/mol. The summed E-state index contributed by atoms with van der Waals surface area (Å²) in [5.41, 5.74) is 2.26. The van der Waals surface area contributed by atoms with E-state index in [2.05, 4.69) is 5.10 Å². The highest BCUT2D eigenvalue weighted by Crippen LogP contribution is 2.32. The molecule has 3 heterocycles. The lowest BCUT2D eigenvalue weighted by atomic mass is 10.1. The van der Waals surface area contributed by atoms with Crippen molar-refractivity contribution in [2.24, 2.45) is 0 Å². The maximum atomic E-state index is 13.4. The van der Waals surface area contributed by atoms with Gasteiger partial charge < -0.3 is 9.32 Å². The molecule has 5 rings (SSSR count). The van der Waals surface area contributed by atoms with Crippen LogP contribution in [0.2, 0.25) is 0 Å². The summed E-state index contributed by atoms with van der Waals surface area (Å²) >= 11 is 0. The quantitative estimate of drug-likeness (QED) is 0.436. The fourth-order valence-electron chi connectivity index (χ4n) is 3.73. The van der Waals surface area contributed by atoms with Crippen molar-refractivity contribution in [3.63, 3.8) is 0 Å². The van der Waals surface area contributed by atoms with E-state index in [0.29, 0.717) is 34.6 Å². The Labute approximate surface area is 177 Å². The Hall–Kier alpha value is -3.55. The molecular weight excluding hydrogens is 402 g/mol. The maximum Gasteiger partial charge on any atom is 0.255 e. The molecule has 0 spiro atoms. The Kier molecular flexibility index (Phi) is 4.97. The third-order valence-corrected chi connectivity index (χ3v) is 5.38. The molecular formula is C23H20F2N4O2. The van der Waals surface area contributed by atoms with Crippen molar-refractivity contribution in [3.05, 3.63) is 72.3 Å². The van der Waals surface area contributed by atoms with Gasteiger partial charge in [-0.3, -0.25) is 4.79 Å². The number of carbonyl (C=O) groups excluding carboxylic acids is 1. The molecule has 31 heavy (non-hydrogen) atoms. The number of hydrogen-bond acceptors (Lipinski definition) is 4. The molecule has 1 aliphatic carbocycles. The molecule has 0 atom stereocenters. The zero-order valence-corrected chi connectivity index (χ0v) is 16.6. The van der Waals surface area contributed by atoms with E-state index in [0.717, 1.165) is 18.4 Å². The summed E-state index contributed by atoms with van der Waals surface area (Å²) in [6.07, 6.45) is 2.06. The first-order valence-corrected chi connectivity index (χ1v) is 10.1. The van der Waals surface area contributed by atoms with E-state index in [9.17, 15) is 13.6 Å². The second-order valence-corrected chi connectivity index (χ2v) is 7.62. The molecule has 1 amide bonds. The van der Waals surface area contributed by atoms with E-state index in [1.54, 1.807) is 29.3 Å². The molecule has 0 aliphatic heterocycles. The zero-order chi connectivity index (χ0) is 21.4. The van der Waals surface area contributed by atoms with Crippen LogP contribution in [0.15, 0.2) is 65.4 Å². The van der Waals surface area contributed by atoms with Gasteiger partial charge in [-0.15, -0.1) is 0 Å². The molecule has 1 fully saturated rings. The number of amides is 1. The van der Waals surface area contributed by atoms with Crippen LogP contribution in [0.3, 0.4) is 0 Å². The van der Waals surface area contributed by atoms with Crippen LogP contribution in [0.4, 0.5) is 8.78 Å². The summed E-state index contributed by atoms with van der Waals surface area (Å²) in [5.74, 6) is 0.284. The molecule has 0 saturated heterocycles. The Morgan fingerprint density at radius 3 is 2.68 bits per heavy atom. The Balaban J connectivity index is 1.63. The lowest BCUT2D eigenvalue weighted by Crippen LogP contribution is -2.37. The first kappa shape index (κ1) is 19.4. The number of pyridine rings is 1. The van der Waals surface area contributed by atoms with Gasteiger partial charge in [0.05, 0.1) is 35.6 Å². The van der Waals surface area contributed by atoms with Gasteiger partial charge in [0.2, 0.25) is 0 Å². The van der Waals surface area contributed by atoms with Crippen molar-refractivity contribution < 1.29 is 18.0 Å². The van der Waals surface area contributed by atoms with Crippen LogP contribution in [0.5, 0.6) is 0 Å². The van der Waals surface area contributed by atoms with E-state index < -0.39 is 18.9 Å². The van der Waals surface area contributed by atoms with Gasteiger partial charge in [0.15, 0.2) is 5.65 Å². The fraction of sp³-hybridized carbons (Fsp3) is 0.261. The highest BCUT2D eigenvalue weighted by Gasteiger charge is 2.35. The molecule has 6 nitrogen and oxygen atoms in total. The van der Waals surface area contributed by atoms with E-state index >= 15 is 0 Å². The molecule has 4 aromatic rings. The largest absolute Gasteiger partial charge is 0.467 e. The molecule has 3 aromatic heterocycles. The lowest BCUT2D eigenvalue weighted by molar-refractivity contribution is 0.0536. The van der Waals surface area contributed by atoms with E-state index in [1.165, 1.54) is 4.90 Å². The van der Waals surface area contributed by atoms with Crippen molar-refractivity contribution in [1.29, 1.82) is 0 Å². The molecule has 0 bridgehead atoms. The fourth-order valence-corrected chi connectivity index (χ4v) is 3.73. The standard InChI is InChI=1S/C23H20F2N4O2/c24-21(25)14-28(16-8-9-16)23(30)18-11-20(15-5-2-1-3-6-15)27-22-19(18)12-26-29(22)13-17-7-4-10-31-17/h1-7,10-12,16,21H,8-9,13-14H2. The van der Waals surface area contributed by atoms with Crippen LogP contribution in [0.25, 0.3) is 22.3 Å². The summed E-state index contributed by atoms with van der Waals surface area (Å²) in [5, 5.41) is 4.94. The minimum Gasteiger partial charge on any atom is -0.467 e. The van der Waals surface area contributed by atoms with Gasteiger partial charge in [-0.1, -0.05) is 30.3 Å². The van der Waals surface area contributed by atoms with Crippen molar-refractivity contribution in [1.82, 2.24) is 19.7 Å². The van der Waals surface area contributed by atoms with Crippen LogP contribution in [0, 0.1) is 0 Å². The molecule has 158 valence electrons. The van der Waals surface area contributed by atoms with Gasteiger partial charge in [-0.05, 0) is 31.0 Å². The smallest absolute Gasteiger partial charge is 0.255 e. The van der Waals surface area contributed by atoms with Crippen LogP contribution < -0.4 is 0 Å². The lowest BCUT2D eigenvalue weighted by Gasteiger charge is -2.22. The minimum atomic E-state index is -2.59. The number of halogens is 2. The molecule has 1 aromatic carbocycles. The summed E-state index contributed by atoms with van der Waals surface area (Å²) in [6.45, 7) is -0.229. The SMILES string of the molecule is O=C(c1cc(-c2ccccc2)nc2c1cnn2Cc1ccco1)N(CC(F)F)C1CC1. The van der Waals surface area contributed by atoms with Gasteiger partial charge in [0.1, 0.15) is 12.3 Å². The number of nitrogens with zero attached hydrogens (tertiary/aromatic N) is 4. The van der Waals surface area contributed by atoms with Crippen LogP contribution in [-0.2, 0) is 6.54 Å². The summed E-state index contributed by atoms with van der Waals surface area (Å²) in [7, 11) is 0. The summed E-state index contributed by atoms with van der Waals surface area (Å²) in [4.78, 5) is 19.4. The van der Waals surface area contributed by atoms with Crippen molar-refractivity contribution in [3.8, 4) is 11.3 Å². The summed E-state index contributed by atoms with van der Waals surface area (Å²) in [6, 6.07) is 14.6. The predicted octanol–water partition coefficient (Wildman–Crippen LogP) is 4.61. The second kappa shape index (κ2) is 7.94. The number of furan rings is 1. The van der Waals surface area contributed by atoms with Crippen molar-refractivity contribution in [2.75, 3.05) is 6.54 Å². The van der Waals surface area contributed by atoms with Gasteiger partial charge in [0, 0.05) is 11.6 Å². The monoisotopic (exact) mass is 422 g/mol. The molecule has 1 saturated carbocycles. The van der Waals surface area contributed by atoms with Crippen LogP contribution in [0.1, 0.15) is 29.0 Å². The molecule has 1 aliphatic rings. The summed E-state index contributed by atoms with van der Waals surface area (Å²) < 4.78 is 33.5. The van der Waals surface area contributed by atoms with E-state index in [4.69, 9.17) is 9.40 Å². The first-order chi connectivity index (χ1) is 15.1. The topological polar surface area (TPSA) is 64.2 Å².